The van der Waals surface area contributed by atoms with Crippen molar-refractivity contribution < 1.29 is 4.74 Å². The fraction of sp³-hybridized carbons (Fsp3) is 0.385. The Kier molecular flexibility index (Phi) is 5.24. The largest absolute Gasteiger partial charge is 0.383 e. The van der Waals surface area contributed by atoms with E-state index < -0.39 is 0 Å². The van der Waals surface area contributed by atoms with Gasteiger partial charge in [0.25, 0.3) is 0 Å². The van der Waals surface area contributed by atoms with Crippen LogP contribution in [-0.2, 0) is 11.3 Å². The number of hydrogen-bond donors (Lipinski definition) is 0. The van der Waals surface area contributed by atoms with Gasteiger partial charge in [-0.1, -0.05) is 30.3 Å². The summed E-state index contributed by atoms with van der Waals surface area (Å²) >= 11 is 7.59. The molecule has 0 aliphatic heterocycles. The maximum Gasteiger partial charge on any atom is 0.191 e. The molecule has 0 saturated heterocycles. The van der Waals surface area contributed by atoms with Crippen molar-refractivity contribution in [2.45, 2.75) is 18.6 Å². The highest BCUT2D eigenvalue weighted by molar-refractivity contribution is 7.99. The molecular formula is C13H16ClN3OS. The Hall–Kier alpha value is -1.04. The number of hydrogen-bond acceptors (Lipinski definition) is 4. The van der Waals surface area contributed by atoms with Crippen LogP contribution in [0.1, 0.15) is 6.92 Å². The molecule has 19 heavy (non-hydrogen) atoms. The Morgan fingerprint density at radius 2 is 2.00 bits per heavy atom. The molecule has 0 saturated carbocycles. The lowest BCUT2D eigenvalue weighted by Gasteiger charge is -2.09. The summed E-state index contributed by atoms with van der Waals surface area (Å²) in [5.41, 5.74) is 1.01. The molecule has 0 spiro atoms. The van der Waals surface area contributed by atoms with E-state index in [0.29, 0.717) is 6.61 Å². The van der Waals surface area contributed by atoms with Gasteiger partial charge in [0.15, 0.2) is 11.0 Å². The monoisotopic (exact) mass is 297 g/mol. The molecule has 102 valence electrons. The number of benzene rings is 1. The predicted octanol–water partition coefficient (Wildman–Crippen LogP) is 3.36. The second kappa shape index (κ2) is 6.93. The zero-order chi connectivity index (χ0) is 13.7. The van der Waals surface area contributed by atoms with E-state index in [-0.39, 0.29) is 0 Å². The molecule has 2 rings (SSSR count). The minimum Gasteiger partial charge on any atom is -0.383 e. The average Bonchev–Trinajstić information content (AvgIpc) is 2.81. The van der Waals surface area contributed by atoms with E-state index in [0.717, 1.165) is 33.9 Å². The van der Waals surface area contributed by atoms with Crippen molar-refractivity contribution >= 4 is 23.4 Å². The van der Waals surface area contributed by atoms with Crippen LogP contribution in [-0.4, -0.2) is 34.2 Å². The van der Waals surface area contributed by atoms with Crippen molar-refractivity contribution in [2.75, 3.05) is 19.5 Å². The minimum absolute atomic E-state index is 0.635. The van der Waals surface area contributed by atoms with Crippen LogP contribution in [0.4, 0.5) is 0 Å². The highest BCUT2D eigenvalue weighted by Crippen LogP contribution is 2.24. The fourth-order valence-corrected chi connectivity index (χ4v) is 2.54. The van der Waals surface area contributed by atoms with Gasteiger partial charge in [-0.05, 0) is 30.0 Å². The molecular weight excluding hydrogens is 282 g/mol. The van der Waals surface area contributed by atoms with Crippen LogP contribution < -0.4 is 0 Å². The fourth-order valence-electron chi connectivity index (χ4n) is 1.72. The third-order valence-corrected chi connectivity index (χ3v) is 3.71. The molecule has 0 unspecified atom stereocenters. The van der Waals surface area contributed by atoms with E-state index in [1.54, 1.807) is 18.9 Å². The van der Waals surface area contributed by atoms with E-state index in [2.05, 4.69) is 21.7 Å². The van der Waals surface area contributed by atoms with E-state index in [4.69, 9.17) is 16.3 Å². The van der Waals surface area contributed by atoms with Crippen LogP contribution in [0.25, 0.3) is 11.4 Å². The summed E-state index contributed by atoms with van der Waals surface area (Å²) in [6.07, 6.45) is 0. The van der Waals surface area contributed by atoms with Crippen molar-refractivity contribution in [3.8, 4) is 11.4 Å². The van der Waals surface area contributed by atoms with Gasteiger partial charge in [0, 0.05) is 17.7 Å². The summed E-state index contributed by atoms with van der Waals surface area (Å²) in [4.78, 5) is 0. The second-order valence-electron chi connectivity index (χ2n) is 3.89. The first-order chi connectivity index (χ1) is 9.26. The zero-order valence-electron chi connectivity index (χ0n) is 11.0. The molecule has 0 aliphatic carbocycles. The molecule has 0 fully saturated rings. The molecule has 0 N–H and O–H groups in total. The number of ether oxygens (including phenoxy) is 1. The Labute approximate surface area is 122 Å². The summed E-state index contributed by atoms with van der Waals surface area (Å²) in [5.74, 6) is 1.82. The smallest absolute Gasteiger partial charge is 0.191 e. The van der Waals surface area contributed by atoms with Gasteiger partial charge in [-0.15, -0.1) is 10.2 Å². The third-order valence-electron chi connectivity index (χ3n) is 2.61. The van der Waals surface area contributed by atoms with Gasteiger partial charge in [0.2, 0.25) is 0 Å². The number of rotatable bonds is 6. The van der Waals surface area contributed by atoms with Gasteiger partial charge < -0.3 is 4.74 Å². The van der Waals surface area contributed by atoms with E-state index in [1.807, 2.05) is 24.3 Å². The molecule has 0 atom stereocenters. The first-order valence-electron chi connectivity index (χ1n) is 6.07. The maximum atomic E-state index is 5.91. The van der Waals surface area contributed by atoms with Crippen LogP contribution >= 0.6 is 23.4 Å². The molecule has 0 aliphatic rings. The molecule has 2 aromatic rings. The lowest BCUT2D eigenvalue weighted by molar-refractivity contribution is 0.185. The number of methoxy groups -OCH3 is 1. The van der Waals surface area contributed by atoms with E-state index in [9.17, 15) is 0 Å². The Balaban J connectivity index is 2.35. The number of thioether (sulfide) groups is 1. The minimum atomic E-state index is 0.635. The lowest BCUT2D eigenvalue weighted by Crippen LogP contribution is -2.07. The van der Waals surface area contributed by atoms with E-state index in [1.165, 1.54) is 0 Å². The maximum absolute atomic E-state index is 5.91. The van der Waals surface area contributed by atoms with Crippen molar-refractivity contribution in [3.05, 3.63) is 29.3 Å². The van der Waals surface area contributed by atoms with Crippen LogP contribution in [0, 0.1) is 0 Å². The molecule has 1 aromatic heterocycles. The number of nitrogens with zero attached hydrogens (tertiary/aromatic N) is 3. The normalized spacial score (nSPS) is 10.9. The molecule has 0 radical (unpaired) electrons. The van der Waals surface area contributed by atoms with Gasteiger partial charge >= 0.3 is 0 Å². The third kappa shape index (κ3) is 3.49. The van der Waals surface area contributed by atoms with Crippen molar-refractivity contribution in [1.29, 1.82) is 0 Å². The highest BCUT2D eigenvalue weighted by Gasteiger charge is 2.13. The topological polar surface area (TPSA) is 39.9 Å². The molecule has 6 heteroatoms. The molecule has 1 aromatic carbocycles. The van der Waals surface area contributed by atoms with Gasteiger partial charge in [-0.3, -0.25) is 4.57 Å². The Bertz CT molecular complexity index is 527. The van der Waals surface area contributed by atoms with Crippen molar-refractivity contribution in [1.82, 2.24) is 14.8 Å². The predicted molar refractivity (Wildman–Crippen MR) is 78.7 cm³/mol. The average molecular weight is 298 g/mol. The van der Waals surface area contributed by atoms with Crippen LogP contribution in [0.2, 0.25) is 5.02 Å². The summed E-state index contributed by atoms with van der Waals surface area (Å²) < 4.78 is 7.24. The van der Waals surface area contributed by atoms with Gasteiger partial charge in [-0.25, -0.2) is 0 Å². The summed E-state index contributed by atoms with van der Waals surface area (Å²) in [5, 5.41) is 10.2. The summed E-state index contributed by atoms with van der Waals surface area (Å²) in [6.45, 7) is 3.47. The number of halogens is 1. The standard InChI is InChI=1S/C13H16ClN3OS/c1-3-19-13-16-15-12(17(13)8-9-18-2)10-4-6-11(14)7-5-10/h4-7H,3,8-9H2,1-2H3. The second-order valence-corrected chi connectivity index (χ2v) is 5.56. The first kappa shape index (κ1) is 14.4. The molecule has 4 nitrogen and oxygen atoms in total. The summed E-state index contributed by atoms with van der Waals surface area (Å²) in [7, 11) is 1.69. The van der Waals surface area contributed by atoms with Crippen LogP contribution in [0.5, 0.6) is 0 Å². The summed E-state index contributed by atoms with van der Waals surface area (Å²) in [6, 6.07) is 7.63. The van der Waals surface area contributed by atoms with Crippen LogP contribution in [0.3, 0.4) is 0 Å². The van der Waals surface area contributed by atoms with Gasteiger partial charge in [0.05, 0.1) is 13.2 Å². The Morgan fingerprint density at radius 1 is 1.26 bits per heavy atom. The zero-order valence-corrected chi connectivity index (χ0v) is 12.5. The highest BCUT2D eigenvalue weighted by atomic mass is 35.5. The SMILES string of the molecule is CCSc1nnc(-c2ccc(Cl)cc2)n1CCOC. The van der Waals surface area contributed by atoms with E-state index >= 15 is 0 Å². The molecule has 0 amide bonds. The van der Waals surface area contributed by atoms with Gasteiger partial charge in [0.1, 0.15) is 0 Å². The first-order valence-corrected chi connectivity index (χ1v) is 7.43. The quantitative estimate of drug-likeness (QED) is 0.767. The lowest BCUT2D eigenvalue weighted by atomic mass is 10.2. The molecule has 1 heterocycles. The van der Waals surface area contributed by atoms with Crippen molar-refractivity contribution in [2.24, 2.45) is 0 Å². The van der Waals surface area contributed by atoms with Crippen LogP contribution in [0.15, 0.2) is 29.4 Å². The van der Waals surface area contributed by atoms with Gasteiger partial charge in [-0.2, -0.15) is 0 Å². The Morgan fingerprint density at radius 3 is 2.63 bits per heavy atom. The van der Waals surface area contributed by atoms with Crippen molar-refractivity contribution in [3.63, 3.8) is 0 Å². The number of aromatic nitrogens is 3. The molecule has 0 bridgehead atoms.